The molecule has 0 fully saturated rings. The third kappa shape index (κ3) is 3.68. The van der Waals surface area contributed by atoms with Crippen molar-refractivity contribution in [2.45, 2.75) is 26.3 Å². The molecule has 0 bridgehead atoms. The predicted molar refractivity (Wildman–Crippen MR) is 58.2 cm³/mol. The number of hydrogen-bond acceptors (Lipinski definition) is 3. The summed E-state index contributed by atoms with van der Waals surface area (Å²) in [5, 5.41) is 11.1. The van der Waals surface area contributed by atoms with Gasteiger partial charge >= 0.3 is 5.97 Å². The first-order valence-electron chi connectivity index (χ1n) is 4.94. The molecule has 0 aliphatic carbocycles. The minimum Gasteiger partial charge on any atom is -0.481 e. The number of pyridine rings is 1. The first kappa shape index (κ1) is 12.2. The molecule has 1 rings (SSSR count). The maximum Gasteiger partial charge on any atom is 0.305 e. The number of aliphatic carboxylic acids is 1. The molecule has 1 unspecified atom stereocenters. The van der Waals surface area contributed by atoms with E-state index in [-0.39, 0.29) is 12.3 Å². The van der Waals surface area contributed by atoms with Gasteiger partial charge in [0.15, 0.2) is 0 Å². The zero-order valence-corrected chi connectivity index (χ0v) is 9.23. The summed E-state index contributed by atoms with van der Waals surface area (Å²) in [6, 6.07) is 3.03. The van der Waals surface area contributed by atoms with E-state index in [0.717, 1.165) is 5.56 Å². The fourth-order valence-electron chi connectivity index (χ4n) is 1.27. The van der Waals surface area contributed by atoms with Gasteiger partial charge in [0, 0.05) is 12.2 Å². The second kappa shape index (κ2) is 5.25. The van der Waals surface area contributed by atoms with Crippen LogP contribution in [0.15, 0.2) is 18.3 Å². The van der Waals surface area contributed by atoms with Crippen LogP contribution in [0.2, 0.25) is 0 Å². The van der Waals surface area contributed by atoms with Crippen LogP contribution in [-0.2, 0) is 4.79 Å². The number of rotatable bonds is 4. The van der Waals surface area contributed by atoms with Gasteiger partial charge in [-0.25, -0.2) is 0 Å². The molecule has 0 aliphatic rings. The summed E-state index contributed by atoms with van der Waals surface area (Å²) in [6.45, 7) is 3.50. The number of hydrogen-bond donors (Lipinski definition) is 2. The van der Waals surface area contributed by atoms with Crippen molar-refractivity contribution in [1.82, 2.24) is 10.3 Å². The van der Waals surface area contributed by atoms with E-state index in [2.05, 4.69) is 10.3 Å². The van der Waals surface area contributed by atoms with Crippen molar-refractivity contribution >= 4 is 11.9 Å². The monoisotopic (exact) mass is 222 g/mol. The van der Waals surface area contributed by atoms with Crippen LogP contribution >= 0.6 is 0 Å². The molecule has 1 amide bonds. The van der Waals surface area contributed by atoms with Gasteiger partial charge in [0.2, 0.25) is 0 Å². The zero-order chi connectivity index (χ0) is 12.1. The number of aromatic nitrogens is 1. The first-order chi connectivity index (χ1) is 7.49. The molecule has 5 nitrogen and oxygen atoms in total. The lowest BCUT2D eigenvalue weighted by molar-refractivity contribution is -0.137. The molecule has 16 heavy (non-hydrogen) atoms. The van der Waals surface area contributed by atoms with Gasteiger partial charge in [-0.2, -0.15) is 0 Å². The van der Waals surface area contributed by atoms with Crippen molar-refractivity contribution in [3.05, 3.63) is 29.6 Å². The van der Waals surface area contributed by atoms with E-state index in [1.165, 1.54) is 0 Å². The van der Waals surface area contributed by atoms with Crippen molar-refractivity contribution in [2.75, 3.05) is 0 Å². The fourth-order valence-corrected chi connectivity index (χ4v) is 1.27. The van der Waals surface area contributed by atoms with E-state index >= 15 is 0 Å². The Labute approximate surface area is 93.5 Å². The number of nitrogens with one attached hydrogen (secondary N) is 1. The molecule has 1 aromatic rings. The van der Waals surface area contributed by atoms with Crippen LogP contribution in [-0.4, -0.2) is 28.0 Å². The Morgan fingerprint density at radius 2 is 2.25 bits per heavy atom. The topological polar surface area (TPSA) is 79.3 Å². The van der Waals surface area contributed by atoms with Gasteiger partial charge in [0.1, 0.15) is 5.69 Å². The van der Waals surface area contributed by atoms with Gasteiger partial charge in [-0.15, -0.1) is 0 Å². The summed E-state index contributed by atoms with van der Waals surface area (Å²) in [4.78, 5) is 25.9. The highest BCUT2D eigenvalue weighted by molar-refractivity contribution is 5.92. The summed E-state index contributed by atoms with van der Waals surface area (Å²) >= 11 is 0. The van der Waals surface area contributed by atoms with Crippen LogP contribution in [0.4, 0.5) is 0 Å². The molecule has 0 aromatic carbocycles. The van der Waals surface area contributed by atoms with E-state index in [4.69, 9.17) is 5.11 Å². The largest absolute Gasteiger partial charge is 0.481 e. The summed E-state index contributed by atoms with van der Waals surface area (Å²) in [6.07, 6.45) is 1.45. The maximum atomic E-state index is 11.6. The van der Waals surface area contributed by atoms with Crippen LogP contribution in [0.25, 0.3) is 0 Å². The highest BCUT2D eigenvalue weighted by Gasteiger charge is 2.13. The number of amides is 1. The predicted octanol–water partition coefficient (Wildman–Crippen LogP) is 0.983. The van der Waals surface area contributed by atoms with Gasteiger partial charge in [-0.3, -0.25) is 14.6 Å². The molecule has 0 radical (unpaired) electrons. The van der Waals surface area contributed by atoms with E-state index in [1.807, 2.05) is 6.92 Å². The van der Waals surface area contributed by atoms with E-state index in [0.29, 0.717) is 5.69 Å². The molecule has 0 saturated heterocycles. The average molecular weight is 222 g/mol. The molecule has 0 saturated carbocycles. The summed E-state index contributed by atoms with van der Waals surface area (Å²) in [7, 11) is 0. The lowest BCUT2D eigenvalue weighted by Gasteiger charge is -2.10. The number of aryl methyl sites for hydroxylation is 1. The summed E-state index contributed by atoms with van der Waals surface area (Å²) < 4.78 is 0. The van der Waals surface area contributed by atoms with Crippen molar-refractivity contribution in [2.24, 2.45) is 0 Å². The molecule has 0 aliphatic heterocycles. The smallest absolute Gasteiger partial charge is 0.305 e. The Hall–Kier alpha value is -1.91. The molecular weight excluding hydrogens is 208 g/mol. The second-order valence-corrected chi connectivity index (χ2v) is 3.69. The SMILES string of the molecule is Cc1ccnc(C(=O)NC(C)CC(=O)O)c1. The Morgan fingerprint density at radius 3 is 2.81 bits per heavy atom. The number of carbonyl (C=O) groups is 2. The second-order valence-electron chi connectivity index (χ2n) is 3.69. The highest BCUT2D eigenvalue weighted by atomic mass is 16.4. The van der Waals surface area contributed by atoms with Gasteiger partial charge in [-0.05, 0) is 31.5 Å². The summed E-state index contributed by atoms with van der Waals surface area (Å²) in [5.41, 5.74) is 1.24. The van der Waals surface area contributed by atoms with Crippen molar-refractivity contribution in [1.29, 1.82) is 0 Å². The van der Waals surface area contributed by atoms with Crippen molar-refractivity contribution in [3.8, 4) is 0 Å². The third-order valence-corrected chi connectivity index (χ3v) is 2.01. The van der Waals surface area contributed by atoms with Crippen LogP contribution in [0.3, 0.4) is 0 Å². The van der Waals surface area contributed by atoms with Crippen LogP contribution in [0.5, 0.6) is 0 Å². The van der Waals surface area contributed by atoms with E-state index < -0.39 is 12.0 Å². The number of carboxylic acid groups (broad SMARTS) is 1. The van der Waals surface area contributed by atoms with Gasteiger partial charge in [-0.1, -0.05) is 0 Å². The van der Waals surface area contributed by atoms with Crippen molar-refractivity contribution < 1.29 is 14.7 Å². The number of nitrogens with zero attached hydrogens (tertiary/aromatic N) is 1. The number of carboxylic acids is 1. The van der Waals surface area contributed by atoms with Gasteiger partial charge in [0.25, 0.3) is 5.91 Å². The molecule has 86 valence electrons. The fraction of sp³-hybridized carbons (Fsp3) is 0.364. The maximum absolute atomic E-state index is 11.6. The average Bonchev–Trinajstić information content (AvgIpc) is 2.16. The van der Waals surface area contributed by atoms with Gasteiger partial charge in [0.05, 0.1) is 6.42 Å². The Kier molecular flexibility index (Phi) is 3.99. The Bertz CT molecular complexity index is 404. The number of carbonyl (C=O) groups excluding carboxylic acids is 1. The summed E-state index contributed by atoms with van der Waals surface area (Å²) in [5.74, 6) is -1.29. The third-order valence-electron chi connectivity index (χ3n) is 2.01. The van der Waals surface area contributed by atoms with Crippen LogP contribution < -0.4 is 5.32 Å². The minimum atomic E-state index is -0.940. The highest BCUT2D eigenvalue weighted by Crippen LogP contribution is 2.01. The first-order valence-corrected chi connectivity index (χ1v) is 4.94. The quantitative estimate of drug-likeness (QED) is 0.796. The molecule has 1 atom stereocenters. The van der Waals surface area contributed by atoms with E-state index in [9.17, 15) is 9.59 Å². The molecular formula is C11H14N2O3. The van der Waals surface area contributed by atoms with Crippen molar-refractivity contribution in [3.63, 3.8) is 0 Å². The molecule has 0 spiro atoms. The lowest BCUT2D eigenvalue weighted by atomic mass is 10.2. The molecule has 5 heteroatoms. The molecule has 1 aromatic heterocycles. The lowest BCUT2D eigenvalue weighted by Crippen LogP contribution is -2.34. The normalized spacial score (nSPS) is 11.9. The van der Waals surface area contributed by atoms with E-state index in [1.54, 1.807) is 25.3 Å². The minimum absolute atomic E-state index is 0.0996. The van der Waals surface area contributed by atoms with Gasteiger partial charge < -0.3 is 10.4 Å². The molecule has 2 N–H and O–H groups in total. The Morgan fingerprint density at radius 1 is 1.56 bits per heavy atom. The Balaban J connectivity index is 2.62. The van der Waals surface area contributed by atoms with Crippen LogP contribution in [0.1, 0.15) is 29.4 Å². The standard InChI is InChI=1S/C11H14N2O3/c1-7-3-4-12-9(5-7)11(16)13-8(2)6-10(14)15/h3-5,8H,6H2,1-2H3,(H,13,16)(H,14,15). The zero-order valence-electron chi connectivity index (χ0n) is 9.23. The van der Waals surface area contributed by atoms with Crippen LogP contribution in [0, 0.1) is 6.92 Å². The molecule has 1 heterocycles.